The highest BCUT2D eigenvalue weighted by Crippen LogP contribution is 2.34. The van der Waals surface area contributed by atoms with Gasteiger partial charge in [0.25, 0.3) is 0 Å². The van der Waals surface area contributed by atoms with Crippen molar-refractivity contribution in [1.82, 2.24) is 14.8 Å². The Balaban J connectivity index is 1.92. The van der Waals surface area contributed by atoms with Gasteiger partial charge in [0.1, 0.15) is 5.69 Å². The van der Waals surface area contributed by atoms with Crippen LogP contribution in [0.1, 0.15) is 5.56 Å². The zero-order valence-corrected chi connectivity index (χ0v) is 16.3. The number of nitrogens with zero attached hydrogens (tertiary/aromatic N) is 3. The van der Waals surface area contributed by atoms with Gasteiger partial charge in [-0.15, -0.1) is 0 Å². The molecular weight excluding hydrogens is 398 g/mol. The molecule has 4 heteroatoms. The van der Waals surface area contributed by atoms with Crippen molar-refractivity contribution >= 4 is 37.7 Å². The SMILES string of the molecule is Cc1ccc2ncc3c(-c4ccccc4)nn(-c4ccc(Br)cc4)c3c2c1. The van der Waals surface area contributed by atoms with Crippen LogP contribution in [0.5, 0.6) is 0 Å². The number of hydrogen-bond donors (Lipinski definition) is 0. The number of halogens is 1. The van der Waals surface area contributed by atoms with Crippen molar-refractivity contribution in [2.75, 3.05) is 0 Å². The zero-order chi connectivity index (χ0) is 18.4. The second-order valence-electron chi connectivity index (χ2n) is 6.64. The van der Waals surface area contributed by atoms with Crippen LogP contribution in [-0.4, -0.2) is 14.8 Å². The lowest BCUT2D eigenvalue weighted by Crippen LogP contribution is -1.97. The molecule has 0 aliphatic heterocycles. The summed E-state index contributed by atoms with van der Waals surface area (Å²) in [6.07, 6.45) is 1.94. The van der Waals surface area contributed by atoms with Gasteiger partial charge in [-0.3, -0.25) is 4.98 Å². The Morgan fingerprint density at radius 1 is 0.852 bits per heavy atom. The summed E-state index contributed by atoms with van der Waals surface area (Å²) >= 11 is 3.52. The van der Waals surface area contributed by atoms with Crippen LogP contribution in [-0.2, 0) is 0 Å². The standard InChI is InChI=1S/C23H16BrN3/c1-15-7-12-21-19(13-15)23-20(14-25-21)22(16-5-3-2-4-6-16)26-27(23)18-10-8-17(24)9-11-18/h2-14H,1H3. The molecule has 0 spiro atoms. The van der Waals surface area contributed by atoms with Crippen LogP contribution in [0.2, 0.25) is 0 Å². The second kappa shape index (κ2) is 6.32. The van der Waals surface area contributed by atoms with Gasteiger partial charge in [0, 0.05) is 27.0 Å². The predicted octanol–water partition coefficient (Wildman–Crippen LogP) is 6.31. The monoisotopic (exact) mass is 413 g/mol. The highest BCUT2D eigenvalue weighted by atomic mass is 79.9. The molecule has 2 aromatic heterocycles. The van der Waals surface area contributed by atoms with Crippen LogP contribution in [0.25, 0.3) is 38.8 Å². The molecule has 0 saturated heterocycles. The van der Waals surface area contributed by atoms with Crippen LogP contribution in [0.3, 0.4) is 0 Å². The van der Waals surface area contributed by atoms with E-state index in [1.165, 1.54) is 5.56 Å². The first kappa shape index (κ1) is 16.2. The van der Waals surface area contributed by atoms with Crippen molar-refractivity contribution < 1.29 is 0 Å². The molecule has 0 radical (unpaired) electrons. The number of rotatable bonds is 2. The van der Waals surface area contributed by atoms with Gasteiger partial charge in [0.15, 0.2) is 0 Å². The second-order valence-corrected chi connectivity index (χ2v) is 7.56. The molecule has 3 aromatic carbocycles. The molecule has 0 saturated carbocycles. The van der Waals surface area contributed by atoms with Gasteiger partial charge < -0.3 is 0 Å². The molecule has 0 N–H and O–H groups in total. The van der Waals surface area contributed by atoms with Gasteiger partial charge >= 0.3 is 0 Å². The van der Waals surface area contributed by atoms with Crippen molar-refractivity contribution in [2.45, 2.75) is 6.92 Å². The fourth-order valence-electron chi connectivity index (χ4n) is 3.48. The van der Waals surface area contributed by atoms with E-state index in [4.69, 9.17) is 10.1 Å². The quantitative estimate of drug-likeness (QED) is 0.339. The van der Waals surface area contributed by atoms with Crippen molar-refractivity contribution in [1.29, 1.82) is 0 Å². The minimum absolute atomic E-state index is 0.949. The molecule has 0 amide bonds. The molecule has 0 unspecified atom stereocenters. The lowest BCUT2D eigenvalue weighted by atomic mass is 10.1. The van der Waals surface area contributed by atoms with E-state index in [0.717, 1.165) is 43.2 Å². The number of benzene rings is 3. The van der Waals surface area contributed by atoms with E-state index < -0.39 is 0 Å². The first-order chi connectivity index (χ1) is 13.2. The molecule has 130 valence electrons. The van der Waals surface area contributed by atoms with Crippen LogP contribution < -0.4 is 0 Å². The largest absolute Gasteiger partial charge is 0.255 e. The van der Waals surface area contributed by atoms with Crippen molar-refractivity contribution in [2.24, 2.45) is 0 Å². The number of hydrogen-bond acceptors (Lipinski definition) is 2. The van der Waals surface area contributed by atoms with Crippen molar-refractivity contribution in [3.8, 4) is 16.9 Å². The Morgan fingerprint density at radius 3 is 2.41 bits per heavy atom. The predicted molar refractivity (Wildman–Crippen MR) is 114 cm³/mol. The fraction of sp³-hybridized carbons (Fsp3) is 0.0435. The Kier molecular flexibility index (Phi) is 3.80. The number of pyridine rings is 1. The maximum atomic E-state index is 5.00. The average molecular weight is 414 g/mol. The normalized spacial score (nSPS) is 11.3. The first-order valence-electron chi connectivity index (χ1n) is 8.80. The van der Waals surface area contributed by atoms with E-state index in [-0.39, 0.29) is 0 Å². The van der Waals surface area contributed by atoms with E-state index in [1.54, 1.807) is 0 Å². The van der Waals surface area contributed by atoms with Gasteiger partial charge in [-0.05, 0) is 43.3 Å². The van der Waals surface area contributed by atoms with E-state index in [1.807, 2.05) is 41.2 Å². The Hall–Kier alpha value is -2.98. The molecule has 5 rings (SSSR count). The lowest BCUT2D eigenvalue weighted by Gasteiger charge is -2.07. The Morgan fingerprint density at radius 2 is 1.63 bits per heavy atom. The Bertz CT molecular complexity index is 1270. The number of fused-ring (bicyclic) bond motifs is 3. The van der Waals surface area contributed by atoms with E-state index in [9.17, 15) is 0 Å². The number of aromatic nitrogens is 3. The van der Waals surface area contributed by atoms with E-state index in [0.29, 0.717) is 0 Å². The molecule has 5 aromatic rings. The first-order valence-corrected chi connectivity index (χ1v) is 9.59. The smallest absolute Gasteiger partial charge is 0.102 e. The van der Waals surface area contributed by atoms with Crippen molar-refractivity contribution in [3.63, 3.8) is 0 Å². The average Bonchev–Trinajstić information content (AvgIpc) is 3.09. The molecule has 0 aliphatic carbocycles. The summed E-state index contributed by atoms with van der Waals surface area (Å²) in [4.78, 5) is 4.70. The molecule has 0 atom stereocenters. The summed E-state index contributed by atoms with van der Waals surface area (Å²) in [6, 6.07) is 24.9. The highest BCUT2D eigenvalue weighted by molar-refractivity contribution is 9.10. The topological polar surface area (TPSA) is 30.7 Å². The molecule has 0 bridgehead atoms. The van der Waals surface area contributed by atoms with Gasteiger partial charge in [-0.25, -0.2) is 4.68 Å². The highest BCUT2D eigenvalue weighted by Gasteiger charge is 2.17. The summed E-state index contributed by atoms with van der Waals surface area (Å²) in [7, 11) is 0. The molecule has 0 fully saturated rings. The van der Waals surface area contributed by atoms with E-state index in [2.05, 4.69) is 65.3 Å². The van der Waals surface area contributed by atoms with Gasteiger partial charge in [0.2, 0.25) is 0 Å². The Labute approximate surface area is 165 Å². The summed E-state index contributed by atoms with van der Waals surface area (Å²) in [5.41, 5.74) is 6.34. The summed E-state index contributed by atoms with van der Waals surface area (Å²) in [5.74, 6) is 0. The minimum Gasteiger partial charge on any atom is -0.255 e. The maximum Gasteiger partial charge on any atom is 0.102 e. The fourth-order valence-corrected chi connectivity index (χ4v) is 3.74. The van der Waals surface area contributed by atoms with Crippen LogP contribution in [0.4, 0.5) is 0 Å². The molecule has 27 heavy (non-hydrogen) atoms. The van der Waals surface area contributed by atoms with Crippen LogP contribution in [0, 0.1) is 6.92 Å². The maximum absolute atomic E-state index is 5.00. The summed E-state index contributed by atoms with van der Waals surface area (Å²) < 4.78 is 3.08. The lowest BCUT2D eigenvalue weighted by molar-refractivity contribution is 0.917. The van der Waals surface area contributed by atoms with E-state index >= 15 is 0 Å². The van der Waals surface area contributed by atoms with Gasteiger partial charge in [-0.1, -0.05) is 57.9 Å². The molecule has 0 aliphatic rings. The third kappa shape index (κ3) is 2.73. The zero-order valence-electron chi connectivity index (χ0n) is 14.7. The van der Waals surface area contributed by atoms with Crippen LogP contribution in [0.15, 0.2) is 83.5 Å². The molecule has 2 heterocycles. The summed E-state index contributed by atoms with van der Waals surface area (Å²) in [6.45, 7) is 2.11. The summed E-state index contributed by atoms with van der Waals surface area (Å²) in [5, 5.41) is 7.17. The molecule has 3 nitrogen and oxygen atoms in total. The minimum atomic E-state index is 0.949. The number of aryl methyl sites for hydroxylation is 1. The molecular formula is C23H16BrN3. The van der Waals surface area contributed by atoms with Crippen LogP contribution >= 0.6 is 15.9 Å². The third-order valence-corrected chi connectivity index (χ3v) is 5.31. The van der Waals surface area contributed by atoms with Crippen molar-refractivity contribution in [3.05, 3.63) is 89.0 Å². The third-order valence-electron chi connectivity index (χ3n) is 4.78. The van der Waals surface area contributed by atoms with Gasteiger partial charge in [-0.2, -0.15) is 5.10 Å². The van der Waals surface area contributed by atoms with Gasteiger partial charge in [0.05, 0.1) is 16.7 Å².